The Kier molecular flexibility index (Phi) is 5.91. The fourth-order valence-electron chi connectivity index (χ4n) is 2.81. The zero-order valence-electron chi connectivity index (χ0n) is 13.1. The van der Waals surface area contributed by atoms with Crippen molar-refractivity contribution in [1.29, 1.82) is 0 Å². The van der Waals surface area contributed by atoms with Gasteiger partial charge in [0.25, 0.3) is 0 Å². The molecule has 4 nitrogen and oxygen atoms in total. The van der Waals surface area contributed by atoms with Gasteiger partial charge in [-0.05, 0) is 43.4 Å². The van der Waals surface area contributed by atoms with Crippen LogP contribution in [0.15, 0.2) is 24.3 Å². The lowest BCUT2D eigenvalue weighted by molar-refractivity contribution is -0.128. The normalized spacial score (nSPS) is 20.2. The third-order valence-corrected chi connectivity index (χ3v) is 4.44. The molecular formula is C17H24FNO3. The second kappa shape index (κ2) is 7.70. The number of carbonyl (C=O) groups excluding carboxylic acids is 1. The number of carbonyl (C=O) groups is 1. The van der Waals surface area contributed by atoms with Crippen LogP contribution < -0.4 is 5.32 Å². The third-order valence-electron chi connectivity index (χ3n) is 4.44. The second-order valence-corrected chi connectivity index (χ2v) is 6.03. The number of amides is 1. The van der Waals surface area contributed by atoms with Crippen molar-refractivity contribution in [3.8, 4) is 0 Å². The molecule has 5 heteroatoms. The van der Waals surface area contributed by atoms with E-state index in [0.29, 0.717) is 24.7 Å². The van der Waals surface area contributed by atoms with E-state index in [1.165, 1.54) is 24.3 Å². The lowest BCUT2D eigenvalue weighted by Gasteiger charge is -2.29. The molecule has 1 saturated heterocycles. The molecule has 3 unspecified atom stereocenters. The van der Waals surface area contributed by atoms with E-state index >= 15 is 0 Å². The quantitative estimate of drug-likeness (QED) is 0.878. The van der Waals surface area contributed by atoms with E-state index in [0.717, 1.165) is 12.8 Å². The van der Waals surface area contributed by atoms with Crippen LogP contribution in [0.1, 0.15) is 38.4 Å². The van der Waals surface area contributed by atoms with Crippen LogP contribution in [0.2, 0.25) is 0 Å². The monoisotopic (exact) mass is 309 g/mol. The van der Waals surface area contributed by atoms with Crippen LogP contribution in [0.4, 0.5) is 4.39 Å². The Balaban J connectivity index is 1.90. The summed E-state index contributed by atoms with van der Waals surface area (Å²) in [5, 5.41) is 13.1. The fourth-order valence-corrected chi connectivity index (χ4v) is 2.81. The summed E-state index contributed by atoms with van der Waals surface area (Å²) in [6.07, 6.45) is 0.930. The molecule has 3 atom stereocenters. The number of aliphatic hydroxyl groups excluding tert-OH is 1. The molecule has 2 rings (SSSR count). The van der Waals surface area contributed by atoms with Crippen LogP contribution in [0.3, 0.4) is 0 Å². The Hall–Kier alpha value is -1.46. The van der Waals surface area contributed by atoms with Gasteiger partial charge in [0.2, 0.25) is 5.91 Å². The Morgan fingerprint density at radius 3 is 2.45 bits per heavy atom. The highest BCUT2D eigenvalue weighted by Gasteiger charge is 2.28. The van der Waals surface area contributed by atoms with Gasteiger partial charge in [0.1, 0.15) is 5.82 Å². The predicted octanol–water partition coefficient (Wildman–Crippen LogP) is 2.43. The van der Waals surface area contributed by atoms with Crippen LogP contribution >= 0.6 is 0 Å². The molecule has 0 aliphatic carbocycles. The van der Waals surface area contributed by atoms with Gasteiger partial charge >= 0.3 is 0 Å². The SMILES string of the molecule is CC(NC(=O)C(C)C1CCOCC1)C(O)c1ccc(F)cc1. The molecule has 1 heterocycles. The van der Waals surface area contributed by atoms with Crippen molar-refractivity contribution >= 4 is 5.91 Å². The molecule has 22 heavy (non-hydrogen) atoms. The molecule has 0 spiro atoms. The molecule has 122 valence electrons. The maximum atomic E-state index is 12.9. The van der Waals surface area contributed by atoms with Gasteiger partial charge in [-0.1, -0.05) is 19.1 Å². The van der Waals surface area contributed by atoms with Crippen molar-refractivity contribution in [2.45, 2.75) is 38.8 Å². The largest absolute Gasteiger partial charge is 0.386 e. The lowest BCUT2D eigenvalue weighted by atomic mass is 9.86. The minimum Gasteiger partial charge on any atom is -0.386 e. The summed E-state index contributed by atoms with van der Waals surface area (Å²) in [5.41, 5.74) is 0.591. The van der Waals surface area contributed by atoms with Crippen molar-refractivity contribution < 1.29 is 19.0 Å². The van der Waals surface area contributed by atoms with E-state index in [4.69, 9.17) is 4.74 Å². The first-order valence-corrected chi connectivity index (χ1v) is 7.80. The van der Waals surface area contributed by atoms with Gasteiger partial charge < -0.3 is 15.2 Å². The molecule has 1 aromatic rings. The second-order valence-electron chi connectivity index (χ2n) is 6.03. The van der Waals surface area contributed by atoms with Crippen molar-refractivity contribution in [2.24, 2.45) is 11.8 Å². The van der Waals surface area contributed by atoms with Crippen LogP contribution in [0, 0.1) is 17.7 Å². The van der Waals surface area contributed by atoms with Gasteiger partial charge in [-0.15, -0.1) is 0 Å². The molecule has 1 aliphatic heterocycles. The molecule has 0 radical (unpaired) electrons. The number of ether oxygens (including phenoxy) is 1. The standard InChI is InChI=1S/C17H24FNO3/c1-11(13-7-9-22-10-8-13)17(21)19-12(2)16(20)14-3-5-15(18)6-4-14/h3-6,11-13,16,20H,7-10H2,1-2H3,(H,19,21). The van der Waals surface area contributed by atoms with E-state index in [2.05, 4.69) is 5.32 Å². The Labute approximate surface area is 130 Å². The number of aliphatic hydroxyl groups is 1. The Bertz CT molecular complexity index is 485. The smallest absolute Gasteiger partial charge is 0.223 e. The van der Waals surface area contributed by atoms with E-state index < -0.39 is 12.1 Å². The van der Waals surface area contributed by atoms with Crippen molar-refractivity contribution in [3.63, 3.8) is 0 Å². The Morgan fingerprint density at radius 1 is 1.27 bits per heavy atom. The van der Waals surface area contributed by atoms with Gasteiger partial charge in [-0.3, -0.25) is 4.79 Å². The molecule has 1 aliphatic rings. The topological polar surface area (TPSA) is 58.6 Å². The predicted molar refractivity (Wildman–Crippen MR) is 81.7 cm³/mol. The van der Waals surface area contributed by atoms with Crippen molar-refractivity contribution in [1.82, 2.24) is 5.32 Å². The summed E-state index contributed by atoms with van der Waals surface area (Å²) in [7, 11) is 0. The first kappa shape index (κ1) is 16.9. The van der Waals surface area contributed by atoms with E-state index in [9.17, 15) is 14.3 Å². The summed E-state index contributed by atoms with van der Waals surface area (Å²) in [4.78, 5) is 12.3. The highest BCUT2D eigenvalue weighted by Crippen LogP contribution is 2.24. The van der Waals surface area contributed by atoms with Crippen molar-refractivity contribution in [3.05, 3.63) is 35.6 Å². The fraction of sp³-hybridized carbons (Fsp3) is 0.588. The number of rotatable bonds is 5. The molecule has 1 amide bonds. The van der Waals surface area contributed by atoms with Crippen LogP contribution in [0.5, 0.6) is 0 Å². The van der Waals surface area contributed by atoms with Crippen LogP contribution in [-0.2, 0) is 9.53 Å². The number of hydrogen-bond donors (Lipinski definition) is 2. The summed E-state index contributed by atoms with van der Waals surface area (Å²) in [6, 6.07) is 5.24. The van der Waals surface area contributed by atoms with Gasteiger partial charge in [0, 0.05) is 19.1 Å². The number of halogens is 1. The number of benzene rings is 1. The highest BCUT2D eigenvalue weighted by molar-refractivity contribution is 5.79. The Morgan fingerprint density at radius 2 is 1.86 bits per heavy atom. The van der Waals surface area contributed by atoms with Gasteiger partial charge in [0.05, 0.1) is 12.1 Å². The summed E-state index contributed by atoms with van der Waals surface area (Å²) < 4.78 is 18.2. The van der Waals surface area contributed by atoms with E-state index in [1.54, 1.807) is 6.92 Å². The number of hydrogen-bond acceptors (Lipinski definition) is 3. The molecule has 0 aromatic heterocycles. The van der Waals surface area contributed by atoms with Gasteiger partial charge in [-0.2, -0.15) is 0 Å². The molecule has 1 fully saturated rings. The van der Waals surface area contributed by atoms with Gasteiger partial charge in [-0.25, -0.2) is 4.39 Å². The molecule has 1 aromatic carbocycles. The first-order valence-electron chi connectivity index (χ1n) is 7.80. The van der Waals surface area contributed by atoms with Crippen LogP contribution in [-0.4, -0.2) is 30.3 Å². The molecule has 2 N–H and O–H groups in total. The zero-order valence-corrected chi connectivity index (χ0v) is 13.1. The van der Waals surface area contributed by atoms with Crippen molar-refractivity contribution in [2.75, 3.05) is 13.2 Å². The highest BCUT2D eigenvalue weighted by atomic mass is 19.1. The summed E-state index contributed by atoms with van der Waals surface area (Å²) >= 11 is 0. The summed E-state index contributed by atoms with van der Waals surface area (Å²) in [6.45, 7) is 5.08. The zero-order chi connectivity index (χ0) is 16.1. The molecule has 0 bridgehead atoms. The van der Waals surface area contributed by atoms with E-state index in [-0.39, 0.29) is 17.6 Å². The maximum Gasteiger partial charge on any atom is 0.223 e. The average molecular weight is 309 g/mol. The number of nitrogens with one attached hydrogen (secondary N) is 1. The average Bonchev–Trinajstić information content (AvgIpc) is 2.54. The van der Waals surface area contributed by atoms with Crippen LogP contribution in [0.25, 0.3) is 0 Å². The summed E-state index contributed by atoms with van der Waals surface area (Å²) in [5.74, 6) is -0.183. The van der Waals surface area contributed by atoms with E-state index in [1.807, 2.05) is 6.92 Å². The lowest BCUT2D eigenvalue weighted by Crippen LogP contribution is -2.42. The molecule has 0 saturated carbocycles. The minimum atomic E-state index is -0.855. The molecular weight excluding hydrogens is 285 g/mol. The third kappa shape index (κ3) is 4.27. The first-order chi connectivity index (χ1) is 10.5. The minimum absolute atomic E-state index is 0.0550. The maximum absolute atomic E-state index is 12.9. The van der Waals surface area contributed by atoms with Gasteiger partial charge in [0.15, 0.2) is 0 Å².